The first-order valence-corrected chi connectivity index (χ1v) is 12.4. The van der Waals surface area contributed by atoms with Gasteiger partial charge < -0.3 is 30.5 Å². The highest BCUT2D eigenvalue weighted by molar-refractivity contribution is 6.00. The number of fused-ring (bicyclic) bond motifs is 1. The monoisotopic (exact) mass is 530 g/mol. The van der Waals surface area contributed by atoms with E-state index >= 15 is 0 Å². The number of nitrogens with two attached hydrogens (primary N) is 1. The number of carbonyl (C=O) groups excluding carboxylic acids is 2. The predicted octanol–water partition coefficient (Wildman–Crippen LogP) is 2.72. The van der Waals surface area contributed by atoms with E-state index in [2.05, 4.69) is 5.32 Å². The van der Waals surface area contributed by atoms with Crippen LogP contribution in [-0.2, 0) is 29.2 Å². The molecule has 4 rings (SSSR count). The number of nitrogens with zero attached hydrogens (tertiary/aromatic N) is 1. The average Bonchev–Trinajstić information content (AvgIpc) is 2.94. The van der Waals surface area contributed by atoms with Crippen LogP contribution in [0.3, 0.4) is 0 Å². The molecule has 1 aliphatic rings. The lowest BCUT2D eigenvalue weighted by molar-refractivity contribution is -0.141. The molecule has 0 fully saturated rings. The number of nitrogen functional groups attached to an aromatic ring is 1. The molecule has 1 heterocycles. The SMILES string of the molecule is COc1ccc(CNC(=O)C(CC(=O)O)N2CCc3cc(OCc4ccc(C(=N)N)cc4)ccc3C2=O)cc1. The standard InChI is InChI=1S/C29H30N4O6/c1-38-22-8-4-18(5-9-22)16-32-28(36)25(15-26(34)35)33-13-12-21-14-23(10-11-24(21)29(33)37)39-17-19-2-6-20(7-3-19)27(30)31/h2-11,14,25H,12-13,15-17H2,1H3,(H3,30,31)(H,32,36)(H,34,35). The maximum absolute atomic E-state index is 13.3. The Balaban J connectivity index is 1.42. The summed E-state index contributed by atoms with van der Waals surface area (Å²) in [6.45, 7) is 0.692. The fourth-order valence-corrected chi connectivity index (χ4v) is 4.38. The van der Waals surface area contributed by atoms with Crippen LogP contribution in [0.15, 0.2) is 66.7 Å². The van der Waals surface area contributed by atoms with Crippen molar-refractivity contribution in [2.24, 2.45) is 5.73 Å². The summed E-state index contributed by atoms with van der Waals surface area (Å²) in [6.07, 6.45) is -0.0490. The minimum atomic E-state index is -1.17. The van der Waals surface area contributed by atoms with Crippen molar-refractivity contribution in [2.75, 3.05) is 13.7 Å². The summed E-state index contributed by atoms with van der Waals surface area (Å²) in [5.74, 6) is -0.822. The molecule has 0 aliphatic carbocycles. The predicted molar refractivity (Wildman–Crippen MR) is 144 cm³/mol. The zero-order chi connectivity index (χ0) is 27.9. The molecular weight excluding hydrogens is 500 g/mol. The second-order valence-corrected chi connectivity index (χ2v) is 9.15. The first-order chi connectivity index (χ1) is 18.7. The molecule has 0 aromatic heterocycles. The molecule has 0 spiro atoms. The van der Waals surface area contributed by atoms with Crippen molar-refractivity contribution in [2.45, 2.75) is 32.0 Å². The maximum Gasteiger partial charge on any atom is 0.305 e. The van der Waals surface area contributed by atoms with Gasteiger partial charge in [0.25, 0.3) is 5.91 Å². The Morgan fingerprint density at radius 2 is 1.72 bits per heavy atom. The van der Waals surface area contributed by atoms with Crippen LogP contribution in [0.1, 0.15) is 39.0 Å². The van der Waals surface area contributed by atoms with Gasteiger partial charge in [0.1, 0.15) is 30.0 Å². The van der Waals surface area contributed by atoms with Crippen molar-refractivity contribution in [3.8, 4) is 11.5 Å². The van der Waals surface area contributed by atoms with Crippen LogP contribution in [0.2, 0.25) is 0 Å². The van der Waals surface area contributed by atoms with Crippen LogP contribution < -0.4 is 20.5 Å². The molecule has 3 aromatic carbocycles. The average molecular weight is 531 g/mol. The lowest BCUT2D eigenvalue weighted by Crippen LogP contribution is -2.52. The Kier molecular flexibility index (Phi) is 8.45. The van der Waals surface area contributed by atoms with Crippen LogP contribution in [0.25, 0.3) is 0 Å². The van der Waals surface area contributed by atoms with Gasteiger partial charge in [0, 0.05) is 24.2 Å². The van der Waals surface area contributed by atoms with E-state index in [4.69, 9.17) is 20.6 Å². The topological polar surface area (TPSA) is 155 Å². The van der Waals surface area contributed by atoms with Crippen LogP contribution in [-0.4, -0.2) is 53.3 Å². The van der Waals surface area contributed by atoms with E-state index in [1.54, 1.807) is 61.7 Å². The summed E-state index contributed by atoms with van der Waals surface area (Å²) in [4.78, 5) is 39.3. The number of hydrogen-bond acceptors (Lipinski definition) is 6. The quantitative estimate of drug-likeness (QED) is 0.219. The minimum absolute atomic E-state index is 0.00354. The van der Waals surface area contributed by atoms with Crippen molar-refractivity contribution in [1.29, 1.82) is 5.41 Å². The number of hydrogen-bond donors (Lipinski definition) is 4. The van der Waals surface area contributed by atoms with Crippen LogP contribution in [0, 0.1) is 5.41 Å². The van der Waals surface area contributed by atoms with E-state index in [1.807, 2.05) is 12.1 Å². The molecule has 1 aliphatic heterocycles. The van der Waals surface area contributed by atoms with Gasteiger partial charge in [0.15, 0.2) is 0 Å². The molecule has 0 bridgehead atoms. The molecule has 1 atom stereocenters. The molecule has 3 aromatic rings. The molecule has 0 saturated heterocycles. The Morgan fingerprint density at radius 1 is 1.05 bits per heavy atom. The second kappa shape index (κ2) is 12.1. The maximum atomic E-state index is 13.3. The van der Waals surface area contributed by atoms with E-state index in [0.717, 1.165) is 16.7 Å². The number of carboxylic acids is 1. The van der Waals surface area contributed by atoms with Gasteiger partial charge in [0.2, 0.25) is 5.91 Å². The van der Waals surface area contributed by atoms with Gasteiger partial charge >= 0.3 is 5.97 Å². The molecule has 1 unspecified atom stereocenters. The molecule has 5 N–H and O–H groups in total. The molecule has 10 nitrogen and oxygen atoms in total. The zero-order valence-corrected chi connectivity index (χ0v) is 21.5. The number of rotatable bonds is 11. The van der Waals surface area contributed by atoms with Gasteiger partial charge in [-0.3, -0.25) is 19.8 Å². The molecule has 0 radical (unpaired) electrons. The van der Waals surface area contributed by atoms with Crippen LogP contribution >= 0.6 is 0 Å². The Morgan fingerprint density at radius 3 is 2.36 bits per heavy atom. The number of ether oxygens (including phenoxy) is 2. The normalized spacial score (nSPS) is 13.3. The summed E-state index contributed by atoms with van der Waals surface area (Å²) in [6, 6.07) is 18.3. The molecular formula is C29H30N4O6. The zero-order valence-electron chi connectivity index (χ0n) is 21.5. The van der Waals surface area contributed by atoms with Gasteiger partial charge in [-0.15, -0.1) is 0 Å². The summed E-state index contributed by atoms with van der Waals surface area (Å²) in [7, 11) is 1.56. The number of amidine groups is 1. The third-order valence-electron chi connectivity index (χ3n) is 6.53. The van der Waals surface area contributed by atoms with Gasteiger partial charge in [-0.25, -0.2) is 0 Å². The fraction of sp³-hybridized carbons (Fsp3) is 0.241. The lowest BCUT2D eigenvalue weighted by atomic mass is 9.96. The number of carbonyl (C=O) groups is 3. The minimum Gasteiger partial charge on any atom is -0.497 e. The second-order valence-electron chi connectivity index (χ2n) is 9.15. The van der Waals surface area contributed by atoms with Gasteiger partial charge in [-0.1, -0.05) is 36.4 Å². The summed E-state index contributed by atoms with van der Waals surface area (Å²) >= 11 is 0. The summed E-state index contributed by atoms with van der Waals surface area (Å²) < 4.78 is 11.0. The summed E-state index contributed by atoms with van der Waals surface area (Å²) in [5, 5.41) is 19.7. The molecule has 202 valence electrons. The van der Waals surface area contributed by atoms with E-state index in [9.17, 15) is 19.5 Å². The third-order valence-corrected chi connectivity index (χ3v) is 6.53. The highest BCUT2D eigenvalue weighted by atomic mass is 16.5. The van der Waals surface area contributed by atoms with E-state index in [1.165, 1.54) is 4.90 Å². The number of benzene rings is 3. The largest absolute Gasteiger partial charge is 0.497 e. The number of aliphatic carboxylic acids is 1. The molecule has 39 heavy (non-hydrogen) atoms. The molecule has 2 amide bonds. The fourth-order valence-electron chi connectivity index (χ4n) is 4.38. The third kappa shape index (κ3) is 6.72. The van der Waals surface area contributed by atoms with Crippen molar-refractivity contribution in [3.63, 3.8) is 0 Å². The molecule has 10 heteroatoms. The first kappa shape index (κ1) is 27.2. The molecule has 0 saturated carbocycles. The highest BCUT2D eigenvalue weighted by Crippen LogP contribution is 2.26. The Hall–Kier alpha value is -4.86. The van der Waals surface area contributed by atoms with Gasteiger partial charge in [0.05, 0.1) is 13.5 Å². The van der Waals surface area contributed by atoms with Crippen molar-refractivity contribution >= 4 is 23.6 Å². The Bertz CT molecular complexity index is 1370. The first-order valence-electron chi connectivity index (χ1n) is 12.4. The summed E-state index contributed by atoms with van der Waals surface area (Å²) in [5.41, 5.74) is 9.02. The van der Waals surface area contributed by atoms with E-state index in [0.29, 0.717) is 35.7 Å². The number of nitrogens with one attached hydrogen (secondary N) is 2. The van der Waals surface area contributed by atoms with Gasteiger partial charge in [-0.2, -0.15) is 0 Å². The van der Waals surface area contributed by atoms with E-state index < -0.39 is 30.2 Å². The van der Waals surface area contributed by atoms with E-state index in [-0.39, 0.29) is 18.9 Å². The van der Waals surface area contributed by atoms with Crippen LogP contribution in [0.4, 0.5) is 0 Å². The smallest absolute Gasteiger partial charge is 0.305 e. The lowest BCUT2D eigenvalue weighted by Gasteiger charge is -2.34. The van der Waals surface area contributed by atoms with Crippen molar-refractivity contribution in [3.05, 3.63) is 94.5 Å². The van der Waals surface area contributed by atoms with Gasteiger partial charge in [-0.05, 0) is 53.4 Å². The number of amides is 2. The van der Waals surface area contributed by atoms with Crippen LogP contribution in [0.5, 0.6) is 11.5 Å². The number of carboxylic acid groups (broad SMARTS) is 1. The van der Waals surface area contributed by atoms with Crippen molar-refractivity contribution < 1.29 is 29.0 Å². The highest BCUT2D eigenvalue weighted by Gasteiger charge is 2.35. The number of methoxy groups -OCH3 is 1. The van der Waals surface area contributed by atoms with Crippen molar-refractivity contribution in [1.82, 2.24) is 10.2 Å². The Labute approximate surface area is 225 Å².